The van der Waals surface area contributed by atoms with Crippen LogP contribution in [0.4, 0.5) is 34.1 Å². The third kappa shape index (κ3) is 6.84. The van der Waals surface area contributed by atoms with E-state index in [9.17, 15) is 0 Å². The molecule has 0 fully saturated rings. The Morgan fingerprint density at radius 3 is 1.44 bits per heavy atom. The van der Waals surface area contributed by atoms with E-state index in [0.29, 0.717) is 0 Å². The van der Waals surface area contributed by atoms with E-state index in [1.807, 2.05) is 0 Å². The van der Waals surface area contributed by atoms with E-state index in [1.54, 1.807) is 0 Å². The fraction of sp³-hybridized carbons (Fsp3) is 0.114. The molecular weight excluding hydrogens is 939 g/mol. The Morgan fingerprint density at radius 2 is 0.880 bits per heavy atom. The van der Waals surface area contributed by atoms with Gasteiger partial charge in [-0.1, -0.05) is 194 Å². The first-order chi connectivity index (χ1) is 36.5. The van der Waals surface area contributed by atoms with Crippen LogP contribution >= 0.6 is 0 Å². The third-order valence-electron chi connectivity index (χ3n) is 16.6. The first kappa shape index (κ1) is 45.4. The van der Waals surface area contributed by atoms with Gasteiger partial charge in [0.2, 0.25) is 0 Å². The summed E-state index contributed by atoms with van der Waals surface area (Å²) in [5, 5.41) is 10.4. The normalized spacial score (nSPS) is 13.2. The number of nitrogens with zero attached hydrogens (tertiary/aromatic N) is 3. The predicted molar refractivity (Wildman–Crippen MR) is 327 cm³/mol. The molecule has 0 saturated heterocycles. The van der Waals surface area contributed by atoms with Crippen LogP contribution in [0.5, 0.6) is 0 Å². The van der Waals surface area contributed by atoms with Crippen molar-refractivity contribution in [1.82, 2.24) is 4.57 Å². The molecule has 0 amide bonds. The van der Waals surface area contributed by atoms with Crippen molar-refractivity contribution in [2.24, 2.45) is 0 Å². The summed E-state index contributed by atoms with van der Waals surface area (Å²) in [6, 6.07) is 86.3. The number of rotatable bonds is 8. The van der Waals surface area contributed by atoms with Crippen LogP contribution < -0.4 is 20.2 Å². The maximum absolute atomic E-state index is 2.60. The van der Waals surface area contributed by atoms with Crippen LogP contribution in [0.25, 0.3) is 60.2 Å². The molecule has 0 atom stereocenters. The van der Waals surface area contributed by atoms with E-state index in [2.05, 4.69) is 285 Å². The largest absolute Gasteiger partial charge is 0.310 e. The van der Waals surface area contributed by atoms with Crippen LogP contribution in [-0.4, -0.2) is 21.4 Å². The summed E-state index contributed by atoms with van der Waals surface area (Å²) in [4.78, 5) is 4.96. The number of aromatic nitrogens is 1. The molecule has 0 unspecified atom stereocenters. The average molecular weight is 998 g/mol. The fourth-order valence-corrected chi connectivity index (χ4v) is 15.0. The summed E-state index contributed by atoms with van der Waals surface area (Å²) in [5.74, 6) is 0. The second kappa shape index (κ2) is 16.9. The van der Waals surface area contributed by atoms with E-state index in [1.165, 1.54) is 104 Å². The predicted octanol–water partition coefficient (Wildman–Crippen LogP) is 17.6. The first-order valence-corrected chi connectivity index (χ1v) is 33.1. The summed E-state index contributed by atoms with van der Waals surface area (Å²) in [6.45, 7) is 16.5. The van der Waals surface area contributed by atoms with Crippen LogP contribution in [0.1, 0.15) is 33.4 Å². The first-order valence-electron chi connectivity index (χ1n) is 26.7. The molecular formula is C70H59N3Si2. The molecule has 1 aliphatic carbocycles. The Hall–Kier alpha value is -8.23. The molecule has 362 valence electrons. The van der Waals surface area contributed by atoms with Crippen LogP contribution in [-0.2, 0) is 5.41 Å². The molecule has 0 saturated carbocycles. The SMILES string of the molecule is Cc1ccc(N(c2ccc([SiH](C)C)cc2)c2ccc3c(c2)c2cc(N(c4ccc(C)cc4)c4ccc([Si](C)(C)C)cc4)cc4c2n3-c2ccccc2C42c3ccc4ccccc4c3-c3c2ccc2ccccc32)cc1. The zero-order valence-corrected chi connectivity index (χ0v) is 45.9. The monoisotopic (exact) mass is 997 g/mol. The maximum Gasteiger partial charge on any atom is 0.0775 e. The molecule has 14 rings (SSSR count). The smallest absolute Gasteiger partial charge is 0.0775 e. The highest BCUT2D eigenvalue weighted by Crippen LogP contribution is 2.64. The van der Waals surface area contributed by atoms with E-state index in [-0.39, 0.29) is 0 Å². The minimum absolute atomic E-state index is 0.674. The topological polar surface area (TPSA) is 11.4 Å². The Labute approximate surface area is 443 Å². The molecule has 1 aliphatic heterocycles. The van der Waals surface area contributed by atoms with Gasteiger partial charge in [-0.3, -0.25) is 0 Å². The number of aryl methyl sites for hydroxylation is 2. The van der Waals surface area contributed by atoms with E-state index >= 15 is 0 Å². The number of anilines is 6. The highest BCUT2D eigenvalue weighted by molar-refractivity contribution is 6.88. The van der Waals surface area contributed by atoms with Gasteiger partial charge in [0.05, 0.1) is 39.0 Å². The van der Waals surface area contributed by atoms with Crippen molar-refractivity contribution >= 4 is 105 Å². The Bertz CT molecular complexity index is 4170. The van der Waals surface area contributed by atoms with E-state index in [0.717, 1.165) is 34.1 Å². The molecule has 2 heterocycles. The van der Waals surface area contributed by atoms with Gasteiger partial charge in [0, 0.05) is 44.9 Å². The minimum atomic E-state index is -1.59. The summed E-state index contributed by atoms with van der Waals surface area (Å²) < 4.78 is 2.60. The number of hydrogen-bond acceptors (Lipinski definition) is 2. The van der Waals surface area contributed by atoms with Crippen molar-refractivity contribution < 1.29 is 0 Å². The summed E-state index contributed by atoms with van der Waals surface area (Å²) in [7, 11) is -2.59. The van der Waals surface area contributed by atoms with Gasteiger partial charge in [-0.2, -0.15) is 0 Å². The molecule has 0 bridgehead atoms. The number of hydrogen-bond donors (Lipinski definition) is 0. The van der Waals surface area contributed by atoms with Crippen molar-refractivity contribution in [1.29, 1.82) is 0 Å². The molecule has 11 aromatic carbocycles. The number of benzene rings is 11. The van der Waals surface area contributed by atoms with Gasteiger partial charge in [0.25, 0.3) is 0 Å². The molecule has 75 heavy (non-hydrogen) atoms. The molecule has 1 spiro atoms. The Balaban J connectivity index is 1.14. The third-order valence-corrected chi connectivity index (χ3v) is 20.4. The van der Waals surface area contributed by atoms with Gasteiger partial charge in [-0.25, -0.2) is 0 Å². The zero-order chi connectivity index (χ0) is 50.9. The van der Waals surface area contributed by atoms with Gasteiger partial charge >= 0.3 is 0 Å². The Morgan fingerprint density at radius 1 is 0.400 bits per heavy atom. The number of para-hydroxylation sites is 1. The van der Waals surface area contributed by atoms with Gasteiger partial charge in [-0.05, 0) is 154 Å². The average Bonchev–Trinajstić information content (AvgIpc) is 4.12. The van der Waals surface area contributed by atoms with Crippen molar-refractivity contribution in [3.8, 4) is 16.8 Å². The molecule has 0 N–H and O–H groups in total. The van der Waals surface area contributed by atoms with Crippen molar-refractivity contribution in [3.63, 3.8) is 0 Å². The van der Waals surface area contributed by atoms with E-state index < -0.39 is 22.3 Å². The van der Waals surface area contributed by atoms with Crippen molar-refractivity contribution in [2.75, 3.05) is 9.80 Å². The summed E-state index contributed by atoms with van der Waals surface area (Å²) in [6.07, 6.45) is 0. The lowest BCUT2D eigenvalue weighted by Gasteiger charge is -2.40. The summed E-state index contributed by atoms with van der Waals surface area (Å²) >= 11 is 0. The molecule has 12 aromatic rings. The highest BCUT2D eigenvalue weighted by Gasteiger charge is 2.52. The number of fused-ring (bicyclic) bond motifs is 16. The van der Waals surface area contributed by atoms with Crippen molar-refractivity contribution in [3.05, 3.63) is 258 Å². The van der Waals surface area contributed by atoms with Gasteiger partial charge < -0.3 is 14.4 Å². The Kier molecular flexibility index (Phi) is 10.2. The van der Waals surface area contributed by atoms with Crippen LogP contribution in [0.15, 0.2) is 224 Å². The quantitative estimate of drug-likeness (QED) is 0.141. The maximum atomic E-state index is 2.60. The van der Waals surface area contributed by atoms with Crippen LogP contribution in [0.3, 0.4) is 0 Å². The molecule has 0 radical (unpaired) electrons. The lowest BCUT2D eigenvalue weighted by molar-refractivity contribution is 0.749. The molecule has 5 heteroatoms. The fourth-order valence-electron chi connectivity index (χ4n) is 12.9. The van der Waals surface area contributed by atoms with Crippen molar-refractivity contribution in [2.45, 2.75) is 52.0 Å². The lowest BCUT2D eigenvalue weighted by Crippen LogP contribution is -2.37. The second-order valence-corrected chi connectivity index (χ2v) is 30.6. The minimum Gasteiger partial charge on any atom is -0.310 e. The molecule has 1 aromatic heterocycles. The van der Waals surface area contributed by atoms with Crippen LogP contribution in [0.2, 0.25) is 32.7 Å². The van der Waals surface area contributed by atoms with Gasteiger partial charge in [0.15, 0.2) is 0 Å². The lowest BCUT2D eigenvalue weighted by atomic mass is 9.65. The molecule has 3 nitrogen and oxygen atoms in total. The van der Waals surface area contributed by atoms with Crippen LogP contribution in [0, 0.1) is 13.8 Å². The van der Waals surface area contributed by atoms with E-state index in [4.69, 9.17) is 0 Å². The standard InChI is InChI=1S/C70H59N3Si2/c1-45-20-26-49(27-21-45)71(51-30-35-55(36-31-51)74(3)4)53-34-41-65-59(42-53)60-43-54(72(50-28-22-46(2)23-29-50)52-32-37-56(38-33-52)75(5,6)7)44-64-69(60)73(65)66-19-13-12-18-61(66)70(64)62-39-24-47-14-8-10-16-57(47)67(62)68-58-17-11-9-15-48(58)25-40-63(68)70/h8-44,74H,1-7H3. The zero-order valence-electron chi connectivity index (χ0n) is 43.8. The van der Waals surface area contributed by atoms with Gasteiger partial charge in [-0.15, -0.1) is 0 Å². The van der Waals surface area contributed by atoms with Gasteiger partial charge in [0.1, 0.15) is 0 Å². The highest BCUT2D eigenvalue weighted by atomic mass is 28.3. The summed E-state index contributed by atoms with van der Waals surface area (Å²) in [5.41, 5.74) is 20.2. The second-order valence-electron chi connectivity index (χ2n) is 22.5. The molecule has 2 aliphatic rings.